The highest BCUT2D eigenvalue weighted by atomic mass is 15.2. The minimum atomic E-state index is 0.628. The molecule has 1 aliphatic rings. The fraction of sp³-hybridized carbons (Fsp3) is 0.647. The molecule has 0 spiro atoms. The van der Waals surface area contributed by atoms with Gasteiger partial charge in [-0.25, -0.2) is 0 Å². The maximum atomic E-state index is 3.72. The van der Waals surface area contributed by atoms with E-state index in [2.05, 4.69) is 62.2 Å². The van der Waals surface area contributed by atoms with E-state index >= 15 is 0 Å². The Kier molecular flexibility index (Phi) is 4.87. The largest absolute Gasteiger partial charge is 0.366 e. The van der Waals surface area contributed by atoms with E-state index in [0.717, 1.165) is 19.0 Å². The minimum absolute atomic E-state index is 0.628. The van der Waals surface area contributed by atoms with Gasteiger partial charge in [-0.3, -0.25) is 0 Å². The van der Waals surface area contributed by atoms with Gasteiger partial charge in [0.2, 0.25) is 0 Å². The van der Waals surface area contributed by atoms with Gasteiger partial charge in [-0.05, 0) is 43.4 Å². The zero-order valence-corrected chi connectivity index (χ0v) is 12.8. The van der Waals surface area contributed by atoms with E-state index in [4.69, 9.17) is 0 Å². The predicted molar refractivity (Wildman–Crippen MR) is 83.8 cm³/mol. The summed E-state index contributed by atoms with van der Waals surface area (Å²) < 4.78 is 0. The maximum Gasteiger partial charge on any atom is 0.0412 e. The SMILES string of the molecule is CCC1CNC(CC(C)C)CN1c1cccc(C)c1. The van der Waals surface area contributed by atoms with E-state index in [1.54, 1.807) is 0 Å². The van der Waals surface area contributed by atoms with E-state index in [0.29, 0.717) is 12.1 Å². The first kappa shape index (κ1) is 14.4. The second kappa shape index (κ2) is 6.42. The summed E-state index contributed by atoms with van der Waals surface area (Å²) in [5.41, 5.74) is 2.74. The summed E-state index contributed by atoms with van der Waals surface area (Å²) in [4.78, 5) is 2.61. The van der Waals surface area contributed by atoms with Crippen molar-refractivity contribution in [3.8, 4) is 0 Å². The van der Waals surface area contributed by atoms with Crippen LogP contribution in [0.25, 0.3) is 0 Å². The Labute approximate surface area is 118 Å². The summed E-state index contributed by atoms with van der Waals surface area (Å²) >= 11 is 0. The molecule has 0 bridgehead atoms. The molecule has 0 radical (unpaired) electrons. The Balaban J connectivity index is 2.13. The molecule has 0 amide bonds. The van der Waals surface area contributed by atoms with E-state index in [1.807, 2.05) is 0 Å². The van der Waals surface area contributed by atoms with Crippen LogP contribution in [0.3, 0.4) is 0 Å². The third-order valence-electron chi connectivity index (χ3n) is 4.06. The quantitative estimate of drug-likeness (QED) is 0.890. The highest BCUT2D eigenvalue weighted by molar-refractivity contribution is 5.50. The molecule has 1 aromatic rings. The molecule has 2 atom stereocenters. The third kappa shape index (κ3) is 3.73. The van der Waals surface area contributed by atoms with Crippen molar-refractivity contribution in [1.82, 2.24) is 5.32 Å². The van der Waals surface area contributed by atoms with Crippen LogP contribution in [0.1, 0.15) is 39.2 Å². The molecule has 2 nitrogen and oxygen atoms in total. The van der Waals surface area contributed by atoms with Crippen LogP contribution in [0, 0.1) is 12.8 Å². The van der Waals surface area contributed by atoms with Crippen LogP contribution in [0.5, 0.6) is 0 Å². The molecule has 2 heteroatoms. The topological polar surface area (TPSA) is 15.3 Å². The molecule has 2 rings (SSSR count). The fourth-order valence-electron chi connectivity index (χ4n) is 3.08. The molecule has 19 heavy (non-hydrogen) atoms. The highest BCUT2D eigenvalue weighted by Crippen LogP contribution is 2.24. The highest BCUT2D eigenvalue weighted by Gasteiger charge is 2.27. The van der Waals surface area contributed by atoms with Gasteiger partial charge in [0.25, 0.3) is 0 Å². The number of piperazine rings is 1. The Bertz CT molecular complexity index is 400. The number of nitrogens with zero attached hydrogens (tertiary/aromatic N) is 1. The lowest BCUT2D eigenvalue weighted by molar-refractivity contribution is 0.343. The Morgan fingerprint density at radius 3 is 2.79 bits per heavy atom. The lowest BCUT2D eigenvalue weighted by atomic mass is 9.98. The van der Waals surface area contributed by atoms with Gasteiger partial charge in [0, 0.05) is 30.9 Å². The Morgan fingerprint density at radius 1 is 1.37 bits per heavy atom. The lowest BCUT2D eigenvalue weighted by Gasteiger charge is -2.42. The van der Waals surface area contributed by atoms with Crippen molar-refractivity contribution in [2.45, 2.75) is 52.6 Å². The lowest BCUT2D eigenvalue weighted by Crippen LogP contribution is -2.56. The molecule has 0 aromatic heterocycles. The third-order valence-corrected chi connectivity index (χ3v) is 4.06. The molecule has 0 saturated carbocycles. The summed E-state index contributed by atoms with van der Waals surface area (Å²) in [6.07, 6.45) is 2.47. The zero-order chi connectivity index (χ0) is 13.8. The van der Waals surface area contributed by atoms with Crippen molar-refractivity contribution in [2.75, 3.05) is 18.0 Å². The van der Waals surface area contributed by atoms with Gasteiger partial charge >= 0.3 is 0 Å². The van der Waals surface area contributed by atoms with Gasteiger partial charge in [-0.15, -0.1) is 0 Å². The van der Waals surface area contributed by atoms with Gasteiger partial charge in [-0.1, -0.05) is 32.9 Å². The molecule has 1 aromatic carbocycles. The van der Waals surface area contributed by atoms with Gasteiger partial charge in [0.15, 0.2) is 0 Å². The molecule has 1 fully saturated rings. The number of rotatable bonds is 4. The van der Waals surface area contributed by atoms with Crippen LogP contribution in [-0.2, 0) is 0 Å². The summed E-state index contributed by atoms with van der Waals surface area (Å²) in [7, 11) is 0. The predicted octanol–water partition coefficient (Wildman–Crippen LogP) is 3.60. The van der Waals surface area contributed by atoms with E-state index in [-0.39, 0.29) is 0 Å². The normalized spacial score (nSPS) is 23.9. The monoisotopic (exact) mass is 260 g/mol. The summed E-state index contributed by atoms with van der Waals surface area (Å²) in [6.45, 7) is 11.3. The van der Waals surface area contributed by atoms with Crippen LogP contribution in [0.15, 0.2) is 24.3 Å². The molecule has 106 valence electrons. The van der Waals surface area contributed by atoms with E-state index in [9.17, 15) is 0 Å². The van der Waals surface area contributed by atoms with Crippen LogP contribution < -0.4 is 10.2 Å². The van der Waals surface area contributed by atoms with Crippen molar-refractivity contribution in [3.05, 3.63) is 29.8 Å². The smallest absolute Gasteiger partial charge is 0.0412 e. The molecule has 1 N–H and O–H groups in total. The second-order valence-corrected chi connectivity index (χ2v) is 6.29. The van der Waals surface area contributed by atoms with Crippen molar-refractivity contribution in [1.29, 1.82) is 0 Å². The first-order chi connectivity index (χ1) is 9.10. The van der Waals surface area contributed by atoms with Crippen LogP contribution in [0.2, 0.25) is 0 Å². The fourth-order valence-corrected chi connectivity index (χ4v) is 3.08. The molecule has 1 aliphatic heterocycles. The van der Waals surface area contributed by atoms with Gasteiger partial charge in [0.1, 0.15) is 0 Å². The number of hydrogen-bond acceptors (Lipinski definition) is 2. The molecular weight excluding hydrogens is 232 g/mol. The van der Waals surface area contributed by atoms with E-state index < -0.39 is 0 Å². The molecule has 1 saturated heterocycles. The number of benzene rings is 1. The summed E-state index contributed by atoms with van der Waals surface area (Å²) in [5.74, 6) is 0.759. The molecular formula is C17H28N2. The molecule has 2 unspecified atom stereocenters. The Hall–Kier alpha value is -1.02. The Morgan fingerprint density at radius 2 is 2.16 bits per heavy atom. The molecule has 0 aliphatic carbocycles. The van der Waals surface area contributed by atoms with Crippen molar-refractivity contribution in [3.63, 3.8) is 0 Å². The van der Waals surface area contributed by atoms with Gasteiger partial charge < -0.3 is 10.2 Å². The standard InChI is InChI=1S/C17H28N2/c1-5-16-11-18-15(9-13(2)3)12-19(16)17-8-6-7-14(4)10-17/h6-8,10,13,15-16,18H,5,9,11-12H2,1-4H3. The van der Waals surface area contributed by atoms with Crippen LogP contribution in [0.4, 0.5) is 5.69 Å². The van der Waals surface area contributed by atoms with Crippen LogP contribution >= 0.6 is 0 Å². The average molecular weight is 260 g/mol. The first-order valence-electron chi connectivity index (χ1n) is 7.66. The number of nitrogens with one attached hydrogen (secondary N) is 1. The minimum Gasteiger partial charge on any atom is -0.366 e. The van der Waals surface area contributed by atoms with Gasteiger partial charge in [-0.2, -0.15) is 0 Å². The number of aryl methyl sites for hydroxylation is 1. The van der Waals surface area contributed by atoms with E-state index in [1.165, 1.54) is 24.1 Å². The van der Waals surface area contributed by atoms with Crippen molar-refractivity contribution in [2.24, 2.45) is 5.92 Å². The first-order valence-corrected chi connectivity index (χ1v) is 7.66. The second-order valence-electron chi connectivity index (χ2n) is 6.29. The van der Waals surface area contributed by atoms with Crippen LogP contribution in [-0.4, -0.2) is 25.2 Å². The molecule has 1 heterocycles. The maximum absolute atomic E-state index is 3.72. The van der Waals surface area contributed by atoms with Gasteiger partial charge in [0.05, 0.1) is 0 Å². The number of hydrogen-bond donors (Lipinski definition) is 1. The zero-order valence-electron chi connectivity index (χ0n) is 12.8. The van der Waals surface area contributed by atoms with Crippen molar-refractivity contribution >= 4 is 5.69 Å². The summed E-state index contributed by atoms with van der Waals surface area (Å²) in [5, 5.41) is 3.72. The summed E-state index contributed by atoms with van der Waals surface area (Å²) in [6, 6.07) is 10.2. The van der Waals surface area contributed by atoms with Crippen molar-refractivity contribution < 1.29 is 0 Å². The number of anilines is 1. The average Bonchev–Trinajstić information content (AvgIpc) is 2.38.